The fraction of sp³-hybridized carbons (Fsp3) is 0.778. The molecular weight excluding hydrogens is 277 g/mol. The van der Waals surface area contributed by atoms with Gasteiger partial charge < -0.3 is 29.7 Å². The van der Waals surface area contributed by atoms with Crippen molar-refractivity contribution in [1.29, 1.82) is 0 Å². The van der Waals surface area contributed by atoms with Crippen LogP contribution in [0.25, 0.3) is 0 Å². The third-order valence-electron chi connectivity index (χ3n) is 2.96. The molecule has 1 atom stereocenters. The number of amides is 2. The largest absolute Gasteiger partial charge is 0.465 e. The second-order valence-electron chi connectivity index (χ2n) is 3.94. The van der Waals surface area contributed by atoms with Gasteiger partial charge in [-0.1, -0.05) is 0 Å². The number of carboxylic acid groups (broad SMARTS) is 1. The summed E-state index contributed by atoms with van der Waals surface area (Å²) in [5.74, 6) is -1.98. The first-order chi connectivity index (χ1) is 8.85. The molecule has 19 heavy (non-hydrogen) atoms. The van der Waals surface area contributed by atoms with Crippen LogP contribution in [0.2, 0.25) is 0 Å². The molecule has 1 fully saturated rings. The summed E-state index contributed by atoms with van der Waals surface area (Å²) < 4.78 is 21.3. The molecule has 2 amide bonds. The average Bonchev–Trinajstić information content (AvgIpc) is 2.44. The van der Waals surface area contributed by atoms with Crippen LogP contribution in [0.4, 0.5) is 4.79 Å². The molecule has 1 aliphatic heterocycles. The van der Waals surface area contributed by atoms with E-state index in [1.54, 1.807) is 0 Å². The van der Waals surface area contributed by atoms with Crippen LogP contribution in [0.3, 0.4) is 0 Å². The zero-order valence-electron chi connectivity index (χ0n) is 10.8. The number of rotatable bonds is 4. The Kier molecular flexibility index (Phi) is 5.30. The van der Waals surface area contributed by atoms with Crippen LogP contribution in [-0.2, 0) is 18.4 Å². The van der Waals surface area contributed by atoms with Crippen LogP contribution >= 0.6 is 7.60 Å². The van der Waals surface area contributed by atoms with Gasteiger partial charge in [-0.05, 0) is 0 Å². The van der Waals surface area contributed by atoms with Crippen molar-refractivity contribution in [3.8, 4) is 0 Å². The Labute approximate surface area is 110 Å². The summed E-state index contributed by atoms with van der Waals surface area (Å²) in [6, 6.07) is 0. The van der Waals surface area contributed by atoms with E-state index in [0.717, 1.165) is 14.2 Å². The van der Waals surface area contributed by atoms with Crippen LogP contribution in [0.5, 0.6) is 0 Å². The highest BCUT2D eigenvalue weighted by atomic mass is 31.2. The number of hydrogen-bond donors (Lipinski definition) is 2. The standard InChI is InChI=1S/C9H18N3O6P/c1-17-19(16,18-2)7(10)8(13)11-3-5-12(6-4-11)9(14)15/h7H,3-6,10H2,1-2H3,(H,14,15). The normalized spacial score (nSPS) is 18.3. The predicted octanol–water partition coefficient (Wildman–Crippen LogP) is -0.421. The lowest BCUT2D eigenvalue weighted by atomic mass is 10.3. The summed E-state index contributed by atoms with van der Waals surface area (Å²) in [5.41, 5.74) is 5.61. The summed E-state index contributed by atoms with van der Waals surface area (Å²) in [6.07, 6.45) is -1.03. The van der Waals surface area contributed by atoms with Crippen molar-refractivity contribution >= 4 is 19.6 Å². The highest BCUT2D eigenvalue weighted by Crippen LogP contribution is 2.49. The summed E-state index contributed by atoms with van der Waals surface area (Å²) in [5, 5.41) is 8.79. The fourth-order valence-corrected chi connectivity index (χ4v) is 2.78. The van der Waals surface area contributed by atoms with E-state index in [0.29, 0.717) is 0 Å². The molecule has 9 nitrogen and oxygen atoms in total. The summed E-state index contributed by atoms with van der Waals surface area (Å²) in [6.45, 7) is 0.786. The van der Waals surface area contributed by atoms with E-state index in [-0.39, 0.29) is 26.2 Å². The van der Waals surface area contributed by atoms with Gasteiger partial charge in [0, 0.05) is 40.4 Å². The first kappa shape index (κ1) is 15.9. The van der Waals surface area contributed by atoms with Crippen molar-refractivity contribution in [3.63, 3.8) is 0 Å². The van der Waals surface area contributed by atoms with E-state index in [2.05, 4.69) is 9.05 Å². The van der Waals surface area contributed by atoms with Crippen molar-refractivity contribution in [1.82, 2.24) is 9.80 Å². The maximum absolute atomic E-state index is 12.0. The van der Waals surface area contributed by atoms with E-state index < -0.39 is 25.4 Å². The number of piperazine rings is 1. The lowest BCUT2D eigenvalue weighted by Crippen LogP contribution is -2.54. The van der Waals surface area contributed by atoms with Crippen LogP contribution in [0, 0.1) is 0 Å². The molecule has 0 saturated carbocycles. The van der Waals surface area contributed by atoms with Gasteiger partial charge in [0.25, 0.3) is 5.91 Å². The molecule has 1 unspecified atom stereocenters. The zero-order valence-corrected chi connectivity index (χ0v) is 11.7. The smallest absolute Gasteiger partial charge is 0.407 e. The second kappa shape index (κ2) is 6.33. The van der Waals surface area contributed by atoms with Crippen LogP contribution in [0.15, 0.2) is 0 Å². The monoisotopic (exact) mass is 295 g/mol. The maximum Gasteiger partial charge on any atom is 0.407 e. The lowest BCUT2D eigenvalue weighted by Gasteiger charge is -2.35. The average molecular weight is 295 g/mol. The Balaban J connectivity index is 2.65. The Hall–Kier alpha value is -1.15. The van der Waals surface area contributed by atoms with Gasteiger partial charge in [0.1, 0.15) is 0 Å². The van der Waals surface area contributed by atoms with E-state index in [1.165, 1.54) is 9.80 Å². The van der Waals surface area contributed by atoms with E-state index in [1.807, 2.05) is 0 Å². The maximum atomic E-state index is 12.0. The van der Waals surface area contributed by atoms with Crippen molar-refractivity contribution in [2.24, 2.45) is 5.73 Å². The van der Waals surface area contributed by atoms with Crippen molar-refractivity contribution in [3.05, 3.63) is 0 Å². The number of carbonyl (C=O) groups excluding carboxylic acids is 1. The SMILES string of the molecule is COP(=O)(OC)C(N)C(=O)N1CCN(C(=O)O)CC1. The molecule has 0 radical (unpaired) electrons. The molecule has 0 bridgehead atoms. The molecule has 3 N–H and O–H groups in total. The fourth-order valence-electron chi connectivity index (χ4n) is 1.74. The van der Waals surface area contributed by atoms with Gasteiger partial charge in [-0.25, -0.2) is 4.79 Å². The van der Waals surface area contributed by atoms with Gasteiger partial charge in [-0.2, -0.15) is 0 Å². The minimum Gasteiger partial charge on any atom is -0.465 e. The molecular formula is C9H18N3O6P. The summed E-state index contributed by atoms with van der Waals surface area (Å²) >= 11 is 0. The molecule has 0 spiro atoms. The van der Waals surface area contributed by atoms with Gasteiger partial charge >= 0.3 is 13.7 Å². The third-order valence-corrected chi connectivity index (χ3v) is 4.88. The number of hydrogen-bond acceptors (Lipinski definition) is 6. The minimum atomic E-state index is -3.67. The first-order valence-corrected chi connectivity index (χ1v) is 7.20. The topological polar surface area (TPSA) is 122 Å². The zero-order chi connectivity index (χ0) is 14.6. The van der Waals surface area contributed by atoms with E-state index >= 15 is 0 Å². The Morgan fingerprint density at radius 2 is 1.58 bits per heavy atom. The van der Waals surface area contributed by atoms with Gasteiger partial charge in [0.2, 0.25) is 0 Å². The highest BCUT2D eigenvalue weighted by molar-refractivity contribution is 7.55. The quantitative estimate of drug-likeness (QED) is 0.675. The van der Waals surface area contributed by atoms with Crippen LogP contribution in [-0.4, -0.2) is 73.1 Å². The van der Waals surface area contributed by atoms with E-state index in [4.69, 9.17) is 10.8 Å². The Bertz CT molecular complexity index is 387. The highest BCUT2D eigenvalue weighted by Gasteiger charge is 2.40. The summed E-state index contributed by atoms with van der Waals surface area (Å²) in [4.78, 5) is 25.3. The molecule has 0 aromatic rings. The molecule has 0 aromatic carbocycles. The second-order valence-corrected chi connectivity index (χ2v) is 6.31. The molecule has 0 aliphatic carbocycles. The lowest BCUT2D eigenvalue weighted by molar-refractivity contribution is -0.132. The molecule has 1 aliphatic rings. The van der Waals surface area contributed by atoms with Crippen LogP contribution < -0.4 is 5.73 Å². The van der Waals surface area contributed by atoms with Gasteiger partial charge in [0.15, 0.2) is 5.78 Å². The Morgan fingerprint density at radius 3 is 1.95 bits per heavy atom. The predicted molar refractivity (Wildman–Crippen MR) is 65.8 cm³/mol. The molecule has 1 rings (SSSR count). The van der Waals surface area contributed by atoms with Crippen molar-refractivity contribution in [2.75, 3.05) is 40.4 Å². The van der Waals surface area contributed by atoms with Crippen molar-refractivity contribution in [2.45, 2.75) is 5.78 Å². The Morgan fingerprint density at radius 1 is 1.16 bits per heavy atom. The molecule has 1 saturated heterocycles. The summed E-state index contributed by atoms with van der Waals surface area (Å²) in [7, 11) is -1.37. The molecule has 10 heteroatoms. The van der Waals surface area contributed by atoms with Crippen LogP contribution in [0.1, 0.15) is 0 Å². The van der Waals surface area contributed by atoms with Gasteiger partial charge in [-0.15, -0.1) is 0 Å². The molecule has 0 aromatic heterocycles. The number of nitrogens with zero attached hydrogens (tertiary/aromatic N) is 2. The van der Waals surface area contributed by atoms with Crippen molar-refractivity contribution < 1.29 is 28.3 Å². The number of nitrogens with two attached hydrogens (primary N) is 1. The molecule has 110 valence electrons. The van der Waals surface area contributed by atoms with Gasteiger partial charge in [-0.3, -0.25) is 9.36 Å². The molecule has 1 heterocycles. The minimum absolute atomic E-state index is 0.193. The number of carbonyl (C=O) groups is 2. The van der Waals surface area contributed by atoms with Gasteiger partial charge in [0.05, 0.1) is 0 Å². The van der Waals surface area contributed by atoms with E-state index in [9.17, 15) is 14.2 Å². The third kappa shape index (κ3) is 3.44. The first-order valence-electron chi connectivity index (χ1n) is 5.59.